The number of carbonyl (C=O) groups excluding carboxylic acids is 1. The molecule has 106 valence electrons. The monoisotopic (exact) mass is 263 g/mol. The third-order valence-electron chi connectivity index (χ3n) is 3.12. The highest BCUT2D eigenvalue weighted by Crippen LogP contribution is 2.24. The highest BCUT2D eigenvalue weighted by atomic mass is 16.5. The molecule has 1 N–H and O–H groups in total. The third-order valence-corrected chi connectivity index (χ3v) is 3.12. The number of benzene rings is 1. The summed E-state index contributed by atoms with van der Waals surface area (Å²) in [5.41, 5.74) is 3.42. The van der Waals surface area contributed by atoms with E-state index in [9.17, 15) is 4.79 Å². The lowest BCUT2D eigenvalue weighted by molar-refractivity contribution is -0.127. The fourth-order valence-corrected chi connectivity index (χ4v) is 1.82. The van der Waals surface area contributed by atoms with E-state index in [1.807, 2.05) is 19.9 Å². The predicted molar refractivity (Wildman–Crippen MR) is 78.6 cm³/mol. The first-order chi connectivity index (χ1) is 8.81. The van der Waals surface area contributed by atoms with E-state index in [0.717, 1.165) is 16.9 Å². The summed E-state index contributed by atoms with van der Waals surface area (Å²) in [4.78, 5) is 11.9. The predicted octanol–water partition coefficient (Wildman–Crippen LogP) is 3.15. The Morgan fingerprint density at radius 1 is 1.21 bits per heavy atom. The first-order valence-electron chi connectivity index (χ1n) is 6.83. The second kappa shape index (κ2) is 6.60. The molecule has 3 heteroatoms. The molecule has 0 aliphatic carbocycles. The molecule has 0 saturated carbocycles. The number of amides is 1. The number of hydrogen-bond acceptors (Lipinski definition) is 2. The van der Waals surface area contributed by atoms with Gasteiger partial charge in [-0.25, -0.2) is 0 Å². The molecule has 0 unspecified atom stereocenters. The zero-order valence-corrected chi connectivity index (χ0v) is 12.8. The zero-order chi connectivity index (χ0) is 14.6. The second-order valence-corrected chi connectivity index (χ2v) is 5.60. The van der Waals surface area contributed by atoms with Crippen molar-refractivity contribution in [3.63, 3.8) is 0 Å². The summed E-state index contributed by atoms with van der Waals surface area (Å²) in [7, 11) is 0. The number of hydrogen-bond donors (Lipinski definition) is 1. The maximum Gasteiger partial charge on any atom is 0.260 e. The first kappa shape index (κ1) is 15.5. The van der Waals surface area contributed by atoms with E-state index in [1.165, 1.54) is 5.56 Å². The SMILES string of the molecule is Cc1cc(C)c(C)c(O[C@H](C)C(=O)NCC(C)C)c1. The van der Waals surface area contributed by atoms with Gasteiger partial charge in [-0.2, -0.15) is 0 Å². The standard InChI is InChI=1S/C16H25NO2/c1-10(2)9-17-16(18)14(6)19-15-8-11(3)7-12(4)13(15)5/h7-8,10,14H,9H2,1-6H3,(H,17,18)/t14-/m1/s1. The zero-order valence-electron chi connectivity index (χ0n) is 12.8. The minimum atomic E-state index is -0.473. The van der Waals surface area contributed by atoms with Gasteiger partial charge in [0.25, 0.3) is 5.91 Å². The van der Waals surface area contributed by atoms with Crippen molar-refractivity contribution in [2.75, 3.05) is 6.54 Å². The molecular formula is C16H25NO2. The van der Waals surface area contributed by atoms with E-state index in [4.69, 9.17) is 4.74 Å². The Morgan fingerprint density at radius 2 is 1.84 bits per heavy atom. The Kier molecular flexibility index (Phi) is 5.40. The van der Waals surface area contributed by atoms with E-state index in [-0.39, 0.29) is 5.91 Å². The van der Waals surface area contributed by atoms with Crippen LogP contribution in [0.2, 0.25) is 0 Å². The van der Waals surface area contributed by atoms with Crippen LogP contribution < -0.4 is 10.1 Å². The smallest absolute Gasteiger partial charge is 0.260 e. The number of ether oxygens (including phenoxy) is 1. The molecule has 1 aromatic rings. The summed E-state index contributed by atoms with van der Waals surface area (Å²) in [6.07, 6.45) is -0.473. The first-order valence-corrected chi connectivity index (χ1v) is 6.83. The minimum Gasteiger partial charge on any atom is -0.481 e. The van der Waals surface area contributed by atoms with Crippen LogP contribution in [0.1, 0.15) is 37.5 Å². The molecule has 3 nitrogen and oxygen atoms in total. The largest absolute Gasteiger partial charge is 0.481 e. The van der Waals surface area contributed by atoms with Crippen LogP contribution in [0.25, 0.3) is 0 Å². The quantitative estimate of drug-likeness (QED) is 0.886. The molecule has 19 heavy (non-hydrogen) atoms. The number of aryl methyl sites for hydroxylation is 2. The summed E-state index contributed by atoms with van der Waals surface area (Å²) >= 11 is 0. The Balaban J connectivity index is 2.71. The van der Waals surface area contributed by atoms with Gasteiger partial charge in [-0.3, -0.25) is 4.79 Å². The Hall–Kier alpha value is -1.51. The average Bonchev–Trinajstić information content (AvgIpc) is 2.32. The van der Waals surface area contributed by atoms with E-state index in [0.29, 0.717) is 12.5 Å². The van der Waals surface area contributed by atoms with Crippen molar-refractivity contribution in [2.45, 2.75) is 47.6 Å². The van der Waals surface area contributed by atoms with Gasteiger partial charge < -0.3 is 10.1 Å². The highest BCUT2D eigenvalue weighted by Gasteiger charge is 2.16. The molecule has 1 aromatic carbocycles. The maximum atomic E-state index is 11.9. The fourth-order valence-electron chi connectivity index (χ4n) is 1.82. The Morgan fingerprint density at radius 3 is 2.42 bits per heavy atom. The van der Waals surface area contributed by atoms with Crippen molar-refractivity contribution in [1.29, 1.82) is 0 Å². The Labute approximate surface area is 116 Å². The second-order valence-electron chi connectivity index (χ2n) is 5.60. The highest BCUT2D eigenvalue weighted by molar-refractivity contribution is 5.80. The van der Waals surface area contributed by atoms with Crippen LogP contribution in [0.4, 0.5) is 0 Å². The van der Waals surface area contributed by atoms with Crippen LogP contribution in [-0.2, 0) is 4.79 Å². The molecule has 0 spiro atoms. The van der Waals surface area contributed by atoms with E-state index in [1.54, 1.807) is 6.92 Å². The fraction of sp³-hybridized carbons (Fsp3) is 0.562. The van der Waals surface area contributed by atoms with Crippen molar-refractivity contribution in [3.05, 3.63) is 28.8 Å². The van der Waals surface area contributed by atoms with Crippen LogP contribution in [0.5, 0.6) is 5.75 Å². The number of nitrogens with one attached hydrogen (secondary N) is 1. The van der Waals surface area contributed by atoms with Gasteiger partial charge in [0.15, 0.2) is 6.10 Å². The third kappa shape index (κ3) is 4.58. The number of rotatable bonds is 5. The number of carbonyl (C=O) groups is 1. The summed E-state index contributed by atoms with van der Waals surface area (Å²) in [6, 6.07) is 4.10. The molecule has 0 aromatic heterocycles. The van der Waals surface area contributed by atoms with Crippen molar-refractivity contribution in [1.82, 2.24) is 5.32 Å². The van der Waals surface area contributed by atoms with Gasteiger partial charge in [-0.15, -0.1) is 0 Å². The molecular weight excluding hydrogens is 238 g/mol. The molecule has 1 amide bonds. The lowest BCUT2D eigenvalue weighted by atomic mass is 10.1. The van der Waals surface area contributed by atoms with Crippen molar-refractivity contribution in [3.8, 4) is 5.75 Å². The maximum absolute atomic E-state index is 11.9. The van der Waals surface area contributed by atoms with Crippen molar-refractivity contribution >= 4 is 5.91 Å². The van der Waals surface area contributed by atoms with Gasteiger partial charge in [0.1, 0.15) is 5.75 Å². The topological polar surface area (TPSA) is 38.3 Å². The van der Waals surface area contributed by atoms with Crippen LogP contribution >= 0.6 is 0 Å². The Bertz CT molecular complexity index is 452. The molecule has 0 fully saturated rings. The van der Waals surface area contributed by atoms with Gasteiger partial charge in [0.2, 0.25) is 0 Å². The van der Waals surface area contributed by atoms with Gasteiger partial charge in [-0.05, 0) is 56.4 Å². The summed E-state index contributed by atoms with van der Waals surface area (Å²) in [6.45, 7) is 12.7. The van der Waals surface area contributed by atoms with E-state index < -0.39 is 6.10 Å². The van der Waals surface area contributed by atoms with Gasteiger partial charge in [0, 0.05) is 6.54 Å². The minimum absolute atomic E-state index is 0.0627. The van der Waals surface area contributed by atoms with Gasteiger partial charge >= 0.3 is 0 Å². The molecule has 1 atom stereocenters. The normalized spacial score (nSPS) is 12.4. The summed E-state index contributed by atoms with van der Waals surface area (Å²) < 4.78 is 5.79. The molecule has 0 aliphatic rings. The van der Waals surface area contributed by atoms with E-state index >= 15 is 0 Å². The van der Waals surface area contributed by atoms with Crippen LogP contribution in [-0.4, -0.2) is 18.6 Å². The average molecular weight is 263 g/mol. The molecule has 0 radical (unpaired) electrons. The van der Waals surface area contributed by atoms with Crippen LogP contribution in [0, 0.1) is 26.7 Å². The lowest BCUT2D eigenvalue weighted by Crippen LogP contribution is -2.38. The molecule has 1 rings (SSSR count). The lowest BCUT2D eigenvalue weighted by Gasteiger charge is -2.18. The molecule has 0 heterocycles. The molecule has 0 bridgehead atoms. The van der Waals surface area contributed by atoms with Gasteiger partial charge in [0.05, 0.1) is 0 Å². The van der Waals surface area contributed by atoms with E-state index in [2.05, 4.69) is 32.2 Å². The van der Waals surface area contributed by atoms with Crippen LogP contribution in [0.3, 0.4) is 0 Å². The summed E-state index contributed by atoms with van der Waals surface area (Å²) in [5.74, 6) is 1.18. The van der Waals surface area contributed by atoms with Crippen molar-refractivity contribution < 1.29 is 9.53 Å². The molecule has 0 saturated heterocycles. The summed E-state index contributed by atoms with van der Waals surface area (Å²) in [5, 5.41) is 2.89. The van der Waals surface area contributed by atoms with Crippen molar-refractivity contribution in [2.24, 2.45) is 5.92 Å². The van der Waals surface area contributed by atoms with Crippen LogP contribution in [0.15, 0.2) is 12.1 Å². The molecule has 0 aliphatic heterocycles. The van der Waals surface area contributed by atoms with Gasteiger partial charge in [-0.1, -0.05) is 19.9 Å².